The van der Waals surface area contributed by atoms with Gasteiger partial charge in [-0.05, 0) is 57.5 Å². The van der Waals surface area contributed by atoms with Crippen LogP contribution in [-0.2, 0) is 4.79 Å². The van der Waals surface area contributed by atoms with Gasteiger partial charge in [0.15, 0.2) is 0 Å². The van der Waals surface area contributed by atoms with Crippen molar-refractivity contribution < 1.29 is 13.6 Å². The predicted molar refractivity (Wildman–Crippen MR) is 104 cm³/mol. The summed E-state index contributed by atoms with van der Waals surface area (Å²) in [5.41, 5.74) is 4.00. The monoisotopic (exact) mass is 385 g/mol. The van der Waals surface area contributed by atoms with Crippen molar-refractivity contribution in [2.75, 3.05) is 5.32 Å². The minimum Gasteiger partial charge on any atom is -0.411 e. The predicted octanol–water partition coefficient (Wildman–Crippen LogP) is 4.92. The maximum atomic E-state index is 13.6. The van der Waals surface area contributed by atoms with Gasteiger partial charge >= 0.3 is 0 Å². The van der Waals surface area contributed by atoms with E-state index in [0.29, 0.717) is 22.4 Å². The lowest BCUT2D eigenvalue weighted by atomic mass is 10.1. The molecule has 0 aliphatic heterocycles. The quantitative estimate of drug-likeness (QED) is 0.632. The van der Waals surface area contributed by atoms with E-state index in [0.717, 1.165) is 28.5 Å². The molecule has 1 aromatic heterocycles. The molecule has 0 radical (unpaired) electrons. The number of halogens is 1. The van der Waals surface area contributed by atoms with Crippen LogP contribution >= 0.6 is 11.8 Å². The molecule has 1 N–H and O–H groups in total. The summed E-state index contributed by atoms with van der Waals surface area (Å²) in [6.07, 6.45) is 0. The summed E-state index contributed by atoms with van der Waals surface area (Å²) in [5.74, 6) is -0.213. The Bertz CT molecular complexity index is 967. The fourth-order valence-electron chi connectivity index (χ4n) is 2.59. The lowest BCUT2D eigenvalue weighted by Crippen LogP contribution is -2.22. The molecule has 1 atom stereocenters. The zero-order valence-electron chi connectivity index (χ0n) is 15.5. The standard InChI is InChI=1S/C20H20FN3O2S/c1-11-7-12(2)9-15(8-11)19-23-24-20(26-19)27-14(4)18(25)22-16-6-5-13(3)17(21)10-16/h5-10,14H,1-4H3,(H,22,25)/t14-/m1/s1. The van der Waals surface area contributed by atoms with Crippen LogP contribution in [0.3, 0.4) is 0 Å². The Morgan fingerprint density at radius 3 is 2.48 bits per heavy atom. The number of aryl methyl sites for hydroxylation is 3. The summed E-state index contributed by atoms with van der Waals surface area (Å²) in [6, 6.07) is 10.6. The second-order valence-electron chi connectivity index (χ2n) is 6.46. The highest BCUT2D eigenvalue weighted by Crippen LogP contribution is 2.28. The third-order valence-corrected chi connectivity index (χ3v) is 4.90. The number of nitrogens with one attached hydrogen (secondary N) is 1. The molecule has 2 aromatic carbocycles. The Hall–Kier alpha value is -2.67. The summed E-state index contributed by atoms with van der Waals surface area (Å²) in [4.78, 5) is 12.3. The molecule has 1 amide bonds. The third kappa shape index (κ3) is 4.74. The molecule has 0 aliphatic carbocycles. The largest absolute Gasteiger partial charge is 0.411 e. The fraction of sp³-hybridized carbons (Fsp3) is 0.250. The number of thioether (sulfide) groups is 1. The first kappa shape index (κ1) is 19.1. The number of carbonyl (C=O) groups is 1. The van der Waals surface area contributed by atoms with E-state index < -0.39 is 5.25 Å². The van der Waals surface area contributed by atoms with E-state index in [1.54, 1.807) is 26.0 Å². The zero-order chi connectivity index (χ0) is 19.6. The topological polar surface area (TPSA) is 68.0 Å². The molecule has 140 valence electrons. The molecule has 27 heavy (non-hydrogen) atoms. The van der Waals surface area contributed by atoms with Gasteiger partial charge in [-0.1, -0.05) is 35.0 Å². The van der Waals surface area contributed by atoms with Crippen molar-refractivity contribution in [1.82, 2.24) is 10.2 Å². The van der Waals surface area contributed by atoms with Gasteiger partial charge in [-0.2, -0.15) is 0 Å². The Morgan fingerprint density at radius 1 is 1.11 bits per heavy atom. The SMILES string of the molecule is Cc1cc(C)cc(-c2nnc(S[C@H](C)C(=O)Nc3ccc(C)c(F)c3)o2)c1. The summed E-state index contributed by atoms with van der Waals surface area (Å²) in [5, 5.41) is 10.6. The van der Waals surface area contributed by atoms with Gasteiger partial charge < -0.3 is 9.73 Å². The van der Waals surface area contributed by atoms with Gasteiger partial charge in [-0.3, -0.25) is 4.79 Å². The normalized spacial score (nSPS) is 12.0. The molecule has 3 rings (SSSR count). The van der Waals surface area contributed by atoms with Gasteiger partial charge in [-0.15, -0.1) is 10.2 Å². The number of nitrogens with zero attached hydrogens (tertiary/aromatic N) is 2. The van der Waals surface area contributed by atoms with Crippen LogP contribution in [0.2, 0.25) is 0 Å². The van der Waals surface area contributed by atoms with Crippen molar-refractivity contribution in [3.05, 3.63) is 58.9 Å². The average Bonchev–Trinajstić information content (AvgIpc) is 3.06. The number of benzene rings is 2. The van der Waals surface area contributed by atoms with Crippen LogP contribution in [0.4, 0.5) is 10.1 Å². The Balaban J connectivity index is 1.67. The van der Waals surface area contributed by atoms with Crippen molar-refractivity contribution in [3.8, 4) is 11.5 Å². The number of rotatable bonds is 5. The van der Waals surface area contributed by atoms with Crippen LogP contribution in [0.25, 0.3) is 11.5 Å². The number of hydrogen-bond donors (Lipinski definition) is 1. The van der Waals surface area contributed by atoms with Gasteiger partial charge in [0.25, 0.3) is 5.22 Å². The highest BCUT2D eigenvalue weighted by Gasteiger charge is 2.19. The number of amides is 1. The number of hydrogen-bond acceptors (Lipinski definition) is 5. The molecule has 0 aliphatic rings. The van der Waals surface area contributed by atoms with Gasteiger partial charge in [0.05, 0.1) is 5.25 Å². The molecule has 5 nitrogen and oxygen atoms in total. The summed E-state index contributed by atoms with van der Waals surface area (Å²) < 4.78 is 19.3. The minimum atomic E-state index is -0.484. The maximum Gasteiger partial charge on any atom is 0.277 e. The molecule has 3 aromatic rings. The number of aromatic nitrogens is 2. The number of carbonyl (C=O) groups excluding carboxylic acids is 1. The van der Waals surface area contributed by atoms with Gasteiger partial charge in [0.2, 0.25) is 11.8 Å². The van der Waals surface area contributed by atoms with Crippen LogP contribution in [0.1, 0.15) is 23.6 Å². The number of anilines is 1. The zero-order valence-corrected chi connectivity index (χ0v) is 16.4. The van der Waals surface area contributed by atoms with Gasteiger partial charge in [0, 0.05) is 11.3 Å². The van der Waals surface area contributed by atoms with Crippen LogP contribution < -0.4 is 5.32 Å². The lowest BCUT2D eigenvalue weighted by molar-refractivity contribution is -0.115. The van der Waals surface area contributed by atoms with E-state index in [2.05, 4.69) is 21.6 Å². The summed E-state index contributed by atoms with van der Waals surface area (Å²) >= 11 is 1.16. The van der Waals surface area contributed by atoms with Crippen molar-refractivity contribution in [2.24, 2.45) is 0 Å². The lowest BCUT2D eigenvalue weighted by Gasteiger charge is -2.10. The van der Waals surface area contributed by atoms with Crippen LogP contribution in [0, 0.1) is 26.6 Å². The molecule has 1 heterocycles. The van der Waals surface area contributed by atoms with Crippen molar-refractivity contribution >= 4 is 23.4 Å². The average molecular weight is 385 g/mol. The first-order valence-corrected chi connectivity index (χ1v) is 9.35. The third-order valence-electron chi connectivity index (χ3n) is 3.96. The first-order chi connectivity index (χ1) is 12.8. The molecule has 0 saturated carbocycles. The Morgan fingerprint density at radius 2 is 1.81 bits per heavy atom. The summed E-state index contributed by atoms with van der Waals surface area (Å²) in [7, 11) is 0. The molecular weight excluding hydrogens is 365 g/mol. The van der Waals surface area contributed by atoms with E-state index in [1.807, 2.05) is 26.0 Å². The molecule has 0 fully saturated rings. The van der Waals surface area contributed by atoms with Crippen LogP contribution in [0.15, 0.2) is 46.0 Å². The molecule has 7 heteroatoms. The van der Waals surface area contributed by atoms with Crippen molar-refractivity contribution in [3.63, 3.8) is 0 Å². The summed E-state index contributed by atoms with van der Waals surface area (Å²) in [6.45, 7) is 7.40. The smallest absolute Gasteiger partial charge is 0.277 e. The van der Waals surface area contributed by atoms with Crippen molar-refractivity contribution in [2.45, 2.75) is 38.2 Å². The van der Waals surface area contributed by atoms with E-state index in [1.165, 1.54) is 6.07 Å². The first-order valence-electron chi connectivity index (χ1n) is 8.47. The maximum absolute atomic E-state index is 13.6. The minimum absolute atomic E-state index is 0.269. The van der Waals surface area contributed by atoms with E-state index >= 15 is 0 Å². The molecular formula is C20H20FN3O2S. The Kier molecular flexibility index (Phi) is 5.60. The molecule has 0 unspecified atom stereocenters. The molecule has 0 spiro atoms. The van der Waals surface area contributed by atoms with E-state index in [9.17, 15) is 9.18 Å². The van der Waals surface area contributed by atoms with Crippen LogP contribution in [-0.4, -0.2) is 21.4 Å². The second-order valence-corrected chi connectivity index (χ2v) is 7.75. The van der Waals surface area contributed by atoms with Gasteiger partial charge in [-0.25, -0.2) is 4.39 Å². The highest BCUT2D eigenvalue weighted by molar-refractivity contribution is 8.00. The second kappa shape index (κ2) is 7.92. The molecule has 0 saturated heterocycles. The van der Waals surface area contributed by atoms with Gasteiger partial charge in [0.1, 0.15) is 5.82 Å². The highest BCUT2D eigenvalue weighted by atomic mass is 32.2. The van der Waals surface area contributed by atoms with E-state index in [4.69, 9.17) is 4.42 Å². The van der Waals surface area contributed by atoms with E-state index in [-0.39, 0.29) is 11.7 Å². The fourth-order valence-corrected chi connectivity index (χ4v) is 3.27. The molecule has 0 bridgehead atoms. The van der Waals surface area contributed by atoms with Crippen LogP contribution in [0.5, 0.6) is 0 Å². The van der Waals surface area contributed by atoms with Crippen molar-refractivity contribution in [1.29, 1.82) is 0 Å². The Labute approximate surface area is 161 Å².